The lowest BCUT2D eigenvalue weighted by molar-refractivity contribution is 0.895. The van der Waals surface area contributed by atoms with E-state index < -0.39 is 0 Å². The van der Waals surface area contributed by atoms with Crippen molar-refractivity contribution in [1.29, 1.82) is 0 Å². The Bertz CT molecular complexity index is 189. The van der Waals surface area contributed by atoms with Gasteiger partial charge in [0.15, 0.2) is 0 Å². The number of nitrogens with zero attached hydrogens (tertiary/aromatic N) is 2. The minimum Gasteiger partial charge on any atom is -0.159 e. The Kier molecular flexibility index (Phi) is 2.37. The average molecular weight is 136 g/mol. The van der Waals surface area contributed by atoms with E-state index in [1.165, 1.54) is 5.56 Å². The summed E-state index contributed by atoms with van der Waals surface area (Å²) in [5.41, 5.74) is 2.35. The molecule has 0 N–H and O–H groups in total. The fourth-order valence-electron chi connectivity index (χ4n) is 0.823. The Balaban J connectivity index is 2.87. The fourth-order valence-corrected chi connectivity index (χ4v) is 0.823. The van der Waals surface area contributed by atoms with Gasteiger partial charge in [-0.25, -0.2) is 0 Å². The van der Waals surface area contributed by atoms with Crippen LogP contribution in [0.5, 0.6) is 0 Å². The van der Waals surface area contributed by atoms with E-state index in [4.69, 9.17) is 0 Å². The molecule has 54 valence electrons. The number of hydrogen-bond donors (Lipinski definition) is 0. The first-order valence-electron chi connectivity index (χ1n) is 3.67. The molecule has 1 aromatic heterocycles. The predicted octanol–water partition coefficient (Wildman–Crippen LogP) is 1.60. The summed E-state index contributed by atoms with van der Waals surface area (Å²) in [6.45, 7) is 4.21. The largest absolute Gasteiger partial charge is 0.159 e. The van der Waals surface area contributed by atoms with Crippen LogP contribution in [0.2, 0.25) is 0 Å². The summed E-state index contributed by atoms with van der Waals surface area (Å²) in [5, 5.41) is 7.83. The minimum atomic E-state index is 0.973. The molecule has 0 aromatic carbocycles. The molecule has 0 fully saturated rings. The highest BCUT2D eigenvalue weighted by atomic mass is 15.1. The van der Waals surface area contributed by atoms with Crippen molar-refractivity contribution in [2.75, 3.05) is 0 Å². The zero-order chi connectivity index (χ0) is 7.40. The first-order chi connectivity index (χ1) is 4.86. The first-order valence-corrected chi connectivity index (χ1v) is 3.67. The SMILES string of the molecule is CCc1cnnc(CC)c1. The monoisotopic (exact) mass is 136 g/mol. The Labute approximate surface area is 61.3 Å². The van der Waals surface area contributed by atoms with Gasteiger partial charge in [-0.2, -0.15) is 10.2 Å². The summed E-state index contributed by atoms with van der Waals surface area (Å²) < 4.78 is 0. The lowest BCUT2D eigenvalue weighted by Gasteiger charge is -1.96. The summed E-state index contributed by atoms with van der Waals surface area (Å²) in [6, 6.07) is 2.10. The molecule has 0 amide bonds. The van der Waals surface area contributed by atoms with Crippen molar-refractivity contribution in [1.82, 2.24) is 10.2 Å². The van der Waals surface area contributed by atoms with Crippen molar-refractivity contribution in [3.63, 3.8) is 0 Å². The third-order valence-electron chi connectivity index (χ3n) is 1.53. The zero-order valence-corrected chi connectivity index (χ0v) is 6.46. The molecule has 0 saturated carbocycles. The summed E-state index contributed by atoms with van der Waals surface area (Å²) in [6.07, 6.45) is 3.84. The molecule has 1 rings (SSSR count). The smallest absolute Gasteiger partial charge is 0.0631 e. The number of aryl methyl sites for hydroxylation is 2. The van der Waals surface area contributed by atoms with Crippen molar-refractivity contribution >= 4 is 0 Å². The van der Waals surface area contributed by atoms with Crippen LogP contribution in [0.4, 0.5) is 0 Å². The predicted molar refractivity (Wildman–Crippen MR) is 40.8 cm³/mol. The van der Waals surface area contributed by atoms with Gasteiger partial charge in [-0.1, -0.05) is 13.8 Å². The van der Waals surface area contributed by atoms with Crippen LogP contribution in [-0.4, -0.2) is 10.2 Å². The second-order valence-corrected chi connectivity index (χ2v) is 2.26. The van der Waals surface area contributed by atoms with Crippen LogP contribution in [0.25, 0.3) is 0 Å². The van der Waals surface area contributed by atoms with Crippen LogP contribution in [0.3, 0.4) is 0 Å². The molecular formula is C8H12N2. The molecule has 0 atom stereocenters. The lowest BCUT2D eigenvalue weighted by atomic mass is 10.2. The van der Waals surface area contributed by atoms with Crippen LogP contribution in [0.1, 0.15) is 25.1 Å². The van der Waals surface area contributed by atoms with Crippen LogP contribution in [0, 0.1) is 0 Å². The van der Waals surface area contributed by atoms with E-state index in [9.17, 15) is 0 Å². The van der Waals surface area contributed by atoms with Gasteiger partial charge in [0.2, 0.25) is 0 Å². The van der Waals surface area contributed by atoms with E-state index in [1.54, 1.807) is 0 Å². The Hall–Kier alpha value is -0.920. The summed E-state index contributed by atoms with van der Waals surface area (Å²) in [5.74, 6) is 0. The summed E-state index contributed by atoms with van der Waals surface area (Å²) in [4.78, 5) is 0. The van der Waals surface area contributed by atoms with Crippen molar-refractivity contribution in [2.24, 2.45) is 0 Å². The highest BCUT2D eigenvalue weighted by Crippen LogP contribution is 1.99. The molecule has 1 heterocycles. The molecule has 2 heteroatoms. The van der Waals surface area contributed by atoms with E-state index in [-0.39, 0.29) is 0 Å². The summed E-state index contributed by atoms with van der Waals surface area (Å²) in [7, 11) is 0. The molecule has 10 heavy (non-hydrogen) atoms. The molecule has 0 aliphatic heterocycles. The van der Waals surface area contributed by atoms with Crippen LogP contribution < -0.4 is 0 Å². The second-order valence-electron chi connectivity index (χ2n) is 2.26. The van der Waals surface area contributed by atoms with Crippen molar-refractivity contribution < 1.29 is 0 Å². The van der Waals surface area contributed by atoms with Crippen LogP contribution in [0.15, 0.2) is 12.3 Å². The topological polar surface area (TPSA) is 25.8 Å². The van der Waals surface area contributed by atoms with Gasteiger partial charge < -0.3 is 0 Å². The quantitative estimate of drug-likeness (QED) is 0.617. The second kappa shape index (κ2) is 3.30. The standard InChI is InChI=1S/C8H12N2/c1-3-7-5-8(4-2)10-9-6-7/h5-6H,3-4H2,1-2H3. The molecule has 0 unspecified atom stereocenters. The van der Waals surface area contributed by atoms with Gasteiger partial charge in [0.05, 0.1) is 11.9 Å². The molecule has 1 aromatic rings. The number of aromatic nitrogens is 2. The van der Waals surface area contributed by atoms with Gasteiger partial charge in [0.25, 0.3) is 0 Å². The minimum absolute atomic E-state index is 0.973. The normalized spacial score (nSPS) is 9.80. The Morgan fingerprint density at radius 2 is 2.10 bits per heavy atom. The van der Waals surface area contributed by atoms with Gasteiger partial charge in [-0.3, -0.25) is 0 Å². The van der Waals surface area contributed by atoms with Crippen molar-refractivity contribution in [2.45, 2.75) is 26.7 Å². The first kappa shape index (κ1) is 7.19. The maximum Gasteiger partial charge on any atom is 0.0631 e. The van der Waals surface area contributed by atoms with E-state index in [2.05, 4.69) is 30.1 Å². The summed E-state index contributed by atoms with van der Waals surface area (Å²) >= 11 is 0. The molecular weight excluding hydrogens is 124 g/mol. The third kappa shape index (κ3) is 1.53. The number of rotatable bonds is 2. The van der Waals surface area contributed by atoms with Gasteiger partial charge in [-0.15, -0.1) is 0 Å². The maximum absolute atomic E-state index is 3.96. The van der Waals surface area contributed by atoms with E-state index in [1.807, 2.05) is 6.20 Å². The van der Waals surface area contributed by atoms with Crippen LogP contribution >= 0.6 is 0 Å². The van der Waals surface area contributed by atoms with Gasteiger partial charge in [0.1, 0.15) is 0 Å². The third-order valence-corrected chi connectivity index (χ3v) is 1.53. The fraction of sp³-hybridized carbons (Fsp3) is 0.500. The Morgan fingerprint density at radius 1 is 1.30 bits per heavy atom. The molecule has 0 spiro atoms. The van der Waals surface area contributed by atoms with Crippen molar-refractivity contribution in [3.8, 4) is 0 Å². The maximum atomic E-state index is 3.96. The number of hydrogen-bond acceptors (Lipinski definition) is 2. The van der Waals surface area contributed by atoms with Crippen molar-refractivity contribution in [3.05, 3.63) is 23.5 Å². The van der Waals surface area contributed by atoms with Gasteiger partial charge in [0, 0.05) is 0 Å². The molecule has 0 aliphatic rings. The highest BCUT2D eigenvalue weighted by molar-refractivity contribution is 5.11. The zero-order valence-electron chi connectivity index (χ0n) is 6.46. The Morgan fingerprint density at radius 3 is 2.70 bits per heavy atom. The highest BCUT2D eigenvalue weighted by Gasteiger charge is 1.92. The van der Waals surface area contributed by atoms with Gasteiger partial charge >= 0.3 is 0 Å². The molecule has 0 bridgehead atoms. The van der Waals surface area contributed by atoms with E-state index in [0.717, 1.165) is 18.5 Å². The lowest BCUT2D eigenvalue weighted by Crippen LogP contribution is -1.92. The molecule has 0 aliphatic carbocycles. The van der Waals surface area contributed by atoms with E-state index in [0.29, 0.717) is 0 Å². The molecule has 0 saturated heterocycles. The van der Waals surface area contributed by atoms with Gasteiger partial charge in [-0.05, 0) is 24.5 Å². The van der Waals surface area contributed by atoms with Crippen LogP contribution in [-0.2, 0) is 12.8 Å². The molecule has 0 radical (unpaired) electrons. The molecule has 2 nitrogen and oxygen atoms in total. The van der Waals surface area contributed by atoms with E-state index >= 15 is 0 Å². The average Bonchev–Trinajstić information content (AvgIpc) is 2.05.